The molecule has 3 N–H and O–H groups in total. The first-order valence-corrected chi connectivity index (χ1v) is 25.0. The average Bonchev–Trinajstić information content (AvgIpc) is 3.71. The van der Waals surface area contributed by atoms with Gasteiger partial charge in [0, 0.05) is 35.6 Å². The lowest BCUT2D eigenvalue weighted by Gasteiger charge is -2.24. The topological polar surface area (TPSA) is 139 Å². The van der Waals surface area contributed by atoms with Gasteiger partial charge in [0.15, 0.2) is 0 Å². The molecule has 380 valence electrons. The summed E-state index contributed by atoms with van der Waals surface area (Å²) in [5, 5.41) is 16.0. The van der Waals surface area contributed by atoms with Crippen LogP contribution in [0, 0.1) is 34.8 Å². The molecular formula is C47H50ClF10N7O3S2. The minimum Gasteiger partial charge on any atom is -0.593 e. The van der Waals surface area contributed by atoms with E-state index in [4.69, 9.17) is 22.0 Å². The molecule has 4 aromatic rings. The minimum atomic E-state index is -5.32. The molecule has 0 bridgehead atoms. The summed E-state index contributed by atoms with van der Waals surface area (Å²) < 4.78 is 159. The van der Waals surface area contributed by atoms with E-state index in [1.165, 1.54) is 36.0 Å². The highest BCUT2D eigenvalue weighted by molar-refractivity contribution is 8.00. The van der Waals surface area contributed by atoms with E-state index < -0.39 is 119 Å². The van der Waals surface area contributed by atoms with Crippen LogP contribution >= 0.6 is 23.4 Å². The summed E-state index contributed by atoms with van der Waals surface area (Å²) in [7, 11) is 0. The Labute approximate surface area is 410 Å². The first-order valence-electron chi connectivity index (χ1n) is 21.9. The number of nitrogens with zero attached hydrogens (tertiary/aromatic N) is 4. The molecule has 2 amide bonds. The Hall–Kier alpha value is -4.98. The van der Waals surface area contributed by atoms with Crippen molar-refractivity contribution in [3.8, 4) is 23.0 Å². The summed E-state index contributed by atoms with van der Waals surface area (Å²) in [6, 6.07) is 6.18. The summed E-state index contributed by atoms with van der Waals surface area (Å²) in [5.74, 6) is -3.86. The van der Waals surface area contributed by atoms with Crippen LogP contribution in [0.1, 0.15) is 95.6 Å². The van der Waals surface area contributed by atoms with Gasteiger partial charge in [-0.1, -0.05) is 63.1 Å². The first kappa shape index (κ1) is 55.9. The number of alkyl halides is 8. The van der Waals surface area contributed by atoms with Crippen LogP contribution in [0.2, 0.25) is 5.02 Å². The molecule has 70 heavy (non-hydrogen) atoms. The molecule has 0 radical (unpaired) electrons. The highest BCUT2D eigenvalue weighted by Crippen LogP contribution is 2.46. The highest BCUT2D eigenvalue weighted by atomic mass is 35.5. The maximum absolute atomic E-state index is 15.3. The third-order valence-electron chi connectivity index (χ3n) is 11.2. The smallest absolute Gasteiger partial charge is 0.433 e. The Kier molecular flexibility index (Phi) is 18.1. The molecule has 2 heterocycles. The monoisotopic (exact) mass is 1050 g/mol. The molecule has 1 aliphatic rings. The van der Waals surface area contributed by atoms with Crippen molar-refractivity contribution in [2.24, 2.45) is 5.92 Å². The van der Waals surface area contributed by atoms with E-state index in [9.17, 15) is 49.3 Å². The van der Waals surface area contributed by atoms with E-state index in [-0.39, 0.29) is 50.4 Å². The van der Waals surface area contributed by atoms with E-state index in [1.807, 2.05) is 6.92 Å². The molecule has 10 nitrogen and oxygen atoms in total. The fourth-order valence-corrected chi connectivity index (χ4v) is 9.09. The van der Waals surface area contributed by atoms with Crippen molar-refractivity contribution in [1.82, 2.24) is 25.4 Å². The van der Waals surface area contributed by atoms with Gasteiger partial charge in [0.05, 0.1) is 56.0 Å². The van der Waals surface area contributed by atoms with Crippen molar-refractivity contribution in [3.63, 3.8) is 0 Å². The molecule has 0 aliphatic heterocycles. The molecule has 5 rings (SSSR count). The molecule has 0 saturated heterocycles. The summed E-state index contributed by atoms with van der Waals surface area (Å²) in [5.41, 5.74) is -5.20. The first-order chi connectivity index (χ1) is 32.6. The van der Waals surface area contributed by atoms with E-state index in [0.717, 1.165) is 48.9 Å². The number of amides is 2. The van der Waals surface area contributed by atoms with E-state index >= 15 is 8.78 Å². The van der Waals surface area contributed by atoms with Gasteiger partial charge in [-0.05, 0) is 80.7 Å². The zero-order valence-corrected chi connectivity index (χ0v) is 41.1. The second-order valence-electron chi connectivity index (χ2n) is 17.2. The number of nitrogens with one attached hydrogen (secondary N) is 3. The average molecular weight is 1050 g/mol. The van der Waals surface area contributed by atoms with Crippen molar-refractivity contribution in [3.05, 3.63) is 87.3 Å². The fourth-order valence-electron chi connectivity index (χ4n) is 7.95. The van der Waals surface area contributed by atoms with Crippen LogP contribution < -0.4 is 14.9 Å². The minimum absolute atomic E-state index is 0.0236. The van der Waals surface area contributed by atoms with Crippen molar-refractivity contribution in [2.75, 3.05) is 23.4 Å². The van der Waals surface area contributed by atoms with Crippen LogP contribution in [-0.2, 0) is 33.9 Å². The lowest BCUT2D eigenvalue weighted by molar-refractivity contribution is -0.141. The lowest BCUT2D eigenvalue weighted by Crippen LogP contribution is -2.40. The molecule has 0 fully saturated rings. The number of anilines is 1. The van der Waals surface area contributed by atoms with Gasteiger partial charge >= 0.3 is 12.4 Å². The standard InChI is InChI=1S/C47H50ClF10N7O3S2/c1-7-8-9-10-11-12-36(67)65(70(6)68)43-38-33(48)16-15-32(40(38)64(63-43)25-46(53,54)55)31-14-13-30(17-18-44(3,4)69-5)61-39(31)34(21-27-19-28(49)22-29(50)20-27)62-35(66)24-60-42-37(41(59)47(56,57)58)26(2)23-45(42,51)52/h13-16,19-20,22,26,34,59-60H,7-12,21,23-25H2,1-6H3,(H,62,66)/t26-,34?,70?/m0/s1. The Bertz CT molecular complexity index is 2680. The molecule has 23 heteroatoms. The van der Waals surface area contributed by atoms with Crippen molar-refractivity contribution < 1.29 is 58.0 Å². The van der Waals surface area contributed by atoms with Crippen molar-refractivity contribution >= 4 is 69.0 Å². The molecule has 0 spiro atoms. The molecule has 3 atom stereocenters. The second-order valence-corrected chi connectivity index (χ2v) is 20.3. The van der Waals surface area contributed by atoms with Crippen LogP contribution in [0.15, 0.2) is 53.7 Å². The van der Waals surface area contributed by atoms with E-state index in [0.29, 0.717) is 23.6 Å². The van der Waals surface area contributed by atoms with Gasteiger partial charge in [0.25, 0.3) is 11.8 Å². The number of benzene rings is 2. The van der Waals surface area contributed by atoms with Crippen LogP contribution in [0.4, 0.5) is 49.7 Å². The quantitative estimate of drug-likeness (QED) is 0.0279. The number of hydrogen-bond donors (Lipinski definition) is 3. The number of halogens is 11. The molecule has 2 unspecified atom stereocenters. The molecule has 1 aliphatic carbocycles. The van der Waals surface area contributed by atoms with Crippen molar-refractivity contribution in [1.29, 1.82) is 5.41 Å². The van der Waals surface area contributed by atoms with Gasteiger partial charge in [0.1, 0.15) is 35.8 Å². The van der Waals surface area contributed by atoms with E-state index in [1.54, 1.807) is 20.1 Å². The number of carbonyl (C=O) groups is 2. The van der Waals surface area contributed by atoms with E-state index in [2.05, 4.69) is 27.6 Å². The van der Waals surface area contributed by atoms with Crippen LogP contribution in [-0.4, -0.2) is 78.9 Å². The Morgan fingerprint density at radius 2 is 1.69 bits per heavy atom. The number of thioether (sulfide) groups is 1. The number of aromatic nitrogens is 3. The maximum atomic E-state index is 15.3. The van der Waals surface area contributed by atoms with Gasteiger partial charge < -0.3 is 15.2 Å². The number of rotatable bonds is 19. The molecule has 2 aromatic carbocycles. The predicted octanol–water partition coefficient (Wildman–Crippen LogP) is 11.6. The summed E-state index contributed by atoms with van der Waals surface area (Å²) in [6.07, 6.45) is -5.45. The number of carbonyl (C=O) groups excluding carboxylic acids is 2. The van der Waals surface area contributed by atoms with Crippen molar-refractivity contribution in [2.45, 2.75) is 115 Å². The fraction of sp³-hybridized carbons (Fsp3) is 0.468. The second kappa shape index (κ2) is 22.6. The van der Waals surface area contributed by atoms with Gasteiger partial charge in [-0.2, -0.15) is 35.1 Å². The number of unbranched alkanes of at least 4 members (excludes halogenated alkanes) is 4. The van der Waals surface area contributed by atoms with Gasteiger partial charge in [0.2, 0.25) is 11.7 Å². The molecular weight excluding hydrogens is 1000 g/mol. The van der Waals surface area contributed by atoms with Gasteiger partial charge in [-0.3, -0.25) is 19.7 Å². The Balaban J connectivity index is 1.76. The summed E-state index contributed by atoms with van der Waals surface area (Å²) >= 11 is 5.94. The van der Waals surface area contributed by atoms with Crippen LogP contribution in [0.5, 0.6) is 0 Å². The zero-order valence-electron chi connectivity index (χ0n) is 38.8. The summed E-state index contributed by atoms with van der Waals surface area (Å²) in [6.45, 7) is 3.78. The Morgan fingerprint density at radius 1 is 1.04 bits per heavy atom. The van der Waals surface area contributed by atoms with Crippen LogP contribution in [0.25, 0.3) is 22.0 Å². The zero-order chi connectivity index (χ0) is 52.1. The van der Waals surface area contributed by atoms with Gasteiger partial charge in [-0.25, -0.2) is 13.8 Å². The summed E-state index contributed by atoms with van der Waals surface area (Å²) in [4.78, 5) is 32.4. The van der Waals surface area contributed by atoms with Crippen LogP contribution in [0.3, 0.4) is 0 Å². The highest BCUT2D eigenvalue weighted by Gasteiger charge is 2.51. The number of fused-ring (bicyclic) bond motifs is 1. The number of allylic oxidation sites excluding steroid dienone is 2. The number of pyridine rings is 1. The third kappa shape index (κ3) is 13.9. The largest absolute Gasteiger partial charge is 0.593 e. The third-order valence-corrected chi connectivity index (χ3v) is 13.6. The normalized spacial score (nSPS) is 15.9. The molecule has 2 aromatic heterocycles. The lowest BCUT2D eigenvalue weighted by atomic mass is 9.93. The maximum Gasteiger partial charge on any atom is 0.433 e. The molecule has 0 saturated carbocycles. The van der Waals surface area contributed by atoms with Gasteiger partial charge in [-0.15, -0.1) is 21.2 Å². The predicted molar refractivity (Wildman–Crippen MR) is 252 cm³/mol. The Morgan fingerprint density at radius 3 is 2.29 bits per heavy atom. The number of hydrogen-bond acceptors (Lipinski definition) is 8. The SMILES string of the molecule is CCCCCCCC(=O)N(c1nn(CC(F)(F)F)c2c(-c3ccc(C#CC(C)(C)SC)nc3C(Cc3cc(F)cc(F)c3)NC(=O)CNC3=C(C(=N)C(F)(F)F)[C@@H](C)CC3(F)F)ccc(Cl)c12)[S+](C)[O-].